The minimum Gasteiger partial charge on any atom is -0.462 e. The lowest BCUT2D eigenvalue weighted by atomic mass is 10.1. The fraction of sp³-hybridized carbons (Fsp3) is 0.755. The molecular formula is C49H86O5. The van der Waals surface area contributed by atoms with Crippen molar-refractivity contribution in [1.82, 2.24) is 0 Å². The fourth-order valence-electron chi connectivity index (χ4n) is 6.14. The lowest BCUT2D eigenvalue weighted by Crippen LogP contribution is -2.30. The average molecular weight is 755 g/mol. The van der Waals surface area contributed by atoms with E-state index in [2.05, 4.69) is 81.5 Å². The van der Waals surface area contributed by atoms with Crippen LogP contribution in [-0.2, 0) is 23.8 Å². The van der Waals surface area contributed by atoms with Crippen molar-refractivity contribution < 1.29 is 23.8 Å². The second-order valence-electron chi connectivity index (χ2n) is 14.9. The summed E-state index contributed by atoms with van der Waals surface area (Å²) >= 11 is 0. The van der Waals surface area contributed by atoms with Crippen molar-refractivity contribution in [2.24, 2.45) is 0 Å². The Kier molecular flexibility index (Phi) is 43.0. The first-order chi connectivity index (χ1) is 26.6. The number of unbranched alkanes of at least 4 members (excludes halogenated alkanes) is 20. The molecule has 0 aliphatic rings. The van der Waals surface area contributed by atoms with Crippen molar-refractivity contribution in [3.8, 4) is 0 Å². The molecule has 0 N–H and O–H groups in total. The molecule has 0 saturated carbocycles. The quantitative estimate of drug-likeness (QED) is 0.0353. The minimum atomic E-state index is -0.553. The van der Waals surface area contributed by atoms with Gasteiger partial charge < -0.3 is 14.2 Å². The molecule has 0 aliphatic heterocycles. The summed E-state index contributed by atoms with van der Waals surface area (Å²) in [6, 6.07) is 0. The van der Waals surface area contributed by atoms with E-state index in [0.717, 1.165) is 89.9 Å². The summed E-state index contributed by atoms with van der Waals surface area (Å²) in [5.41, 5.74) is 0. The molecule has 0 bridgehead atoms. The minimum absolute atomic E-state index is 0.0665. The van der Waals surface area contributed by atoms with E-state index in [1.165, 1.54) is 89.9 Å². The first-order valence-corrected chi connectivity index (χ1v) is 22.8. The third kappa shape index (κ3) is 42.3. The van der Waals surface area contributed by atoms with Crippen molar-refractivity contribution in [2.45, 2.75) is 219 Å². The third-order valence-corrected chi connectivity index (χ3v) is 9.54. The normalized spacial score (nSPS) is 12.7. The monoisotopic (exact) mass is 755 g/mol. The molecule has 54 heavy (non-hydrogen) atoms. The highest BCUT2D eigenvalue weighted by Gasteiger charge is 2.17. The Morgan fingerprint density at radius 3 is 1.39 bits per heavy atom. The third-order valence-electron chi connectivity index (χ3n) is 9.54. The Morgan fingerprint density at radius 2 is 0.833 bits per heavy atom. The summed E-state index contributed by atoms with van der Waals surface area (Å²) in [6.45, 7) is 7.64. The van der Waals surface area contributed by atoms with Crippen molar-refractivity contribution in [2.75, 3.05) is 19.8 Å². The lowest BCUT2D eigenvalue weighted by molar-refractivity contribution is -0.163. The number of allylic oxidation sites excluding steroid dienone is 10. The molecule has 1 unspecified atom stereocenters. The molecule has 0 saturated heterocycles. The predicted octanol–water partition coefficient (Wildman–Crippen LogP) is 15.0. The Morgan fingerprint density at radius 1 is 0.426 bits per heavy atom. The van der Waals surface area contributed by atoms with E-state index in [4.69, 9.17) is 14.2 Å². The number of rotatable bonds is 41. The highest BCUT2D eigenvalue weighted by Crippen LogP contribution is 2.13. The van der Waals surface area contributed by atoms with E-state index in [1.54, 1.807) is 0 Å². The van der Waals surface area contributed by atoms with Gasteiger partial charge in [-0.2, -0.15) is 0 Å². The Balaban J connectivity index is 4.31. The maximum atomic E-state index is 12.7. The van der Waals surface area contributed by atoms with Crippen LogP contribution in [0.25, 0.3) is 0 Å². The Hall–Kier alpha value is -2.40. The van der Waals surface area contributed by atoms with Gasteiger partial charge in [0.25, 0.3) is 0 Å². The number of hydrogen-bond acceptors (Lipinski definition) is 5. The second kappa shape index (κ2) is 45.0. The van der Waals surface area contributed by atoms with Gasteiger partial charge in [-0.25, -0.2) is 0 Å². The van der Waals surface area contributed by atoms with Gasteiger partial charge in [-0.15, -0.1) is 0 Å². The van der Waals surface area contributed by atoms with E-state index >= 15 is 0 Å². The van der Waals surface area contributed by atoms with Crippen LogP contribution in [0, 0.1) is 0 Å². The van der Waals surface area contributed by atoms with E-state index < -0.39 is 6.10 Å². The summed E-state index contributed by atoms with van der Waals surface area (Å²) in [5.74, 6) is -0.446. The zero-order chi connectivity index (χ0) is 39.3. The molecule has 5 heteroatoms. The maximum Gasteiger partial charge on any atom is 0.306 e. The zero-order valence-electron chi connectivity index (χ0n) is 35.7. The predicted molar refractivity (Wildman–Crippen MR) is 233 cm³/mol. The van der Waals surface area contributed by atoms with Crippen LogP contribution < -0.4 is 0 Å². The first-order valence-electron chi connectivity index (χ1n) is 22.8. The highest BCUT2D eigenvalue weighted by molar-refractivity contribution is 5.70. The number of ether oxygens (including phenoxy) is 3. The van der Waals surface area contributed by atoms with Crippen molar-refractivity contribution >= 4 is 11.9 Å². The second-order valence-corrected chi connectivity index (χ2v) is 14.9. The van der Waals surface area contributed by atoms with Gasteiger partial charge in [-0.3, -0.25) is 9.59 Å². The molecule has 1 atom stereocenters. The largest absolute Gasteiger partial charge is 0.462 e. The number of carbonyl (C=O) groups excluding carboxylic acids is 2. The number of carbonyl (C=O) groups is 2. The van der Waals surface area contributed by atoms with E-state index in [1.807, 2.05) is 0 Å². The molecule has 0 rings (SSSR count). The van der Waals surface area contributed by atoms with Gasteiger partial charge >= 0.3 is 11.9 Å². The molecule has 0 aromatic rings. The van der Waals surface area contributed by atoms with Crippen LogP contribution >= 0.6 is 0 Å². The van der Waals surface area contributed by atoms with Crippen LogP contribution in [0.4, 0.5) is 0 Å². The van der Waals surface area contributed by atoms with Gasteiger partial charge in [-0.05, 0) is 83.5 Å². The summed E-state index contributed by atoms with van der Waals surface area (Å²) in [7, 11) is 0. The van der Waals surface area contributed by atoms with Crippen molar-refractivity contribution in [1.29, 1.82) is 0 Å². The molecule has 0 aliphatic carbocycles. The van der Waals surface area contributed by atoms with Crippen LogP contribution in [0.1, 0.15) is 213 Å². The van der Waals surface area contributed by atoms with Crippen LogP contribution in [0.15, 0.2) is 60.8 Å². The van der Waals surface area contributed by atoms with Gasteiger partial charge in [-0.1, -0.05) is 178 Å². The lowest BCUT2D eigenvalue weighted by Gasteiger charge is -2.18. The van der Waals surface area contributed by atoms with E-state index in [0.29, 0.717) is 19.4 Å². The Labute approximate surface area is 334 Å². The van der Waals surface area contributed by atoms with E-state index in [-0.39, 0.29) is 25.2 Å². The van der Waals surface area contributed by atoms with Crippen LogP contribution in [0.3, 0.4) is 0 Å². The topological polar surface area (TPSA) is 61.8 Å². The molecule has 0 amide bonds. The number of hydrogen-bond donors (Lipinski definition) is 0. The molecule has 0 aromatic heterocycles. The van der Waals surface area contributed by atoms with Gasteiger partial charge in [0.1, 0.15) is 6.61 Å². The van der Waals surface area contributed by atoms with Crippen LogP contribution in [0.5, 0.6) is 0 Å². The maximum absolute atomic E-state index is 12.7. The molecule has 0 radical (unpaired) electrons. The molecule has 0 heterocycles. The van der Waals surface area contributed by atoms with E-state index in [9.17, 15) is 9.59 Å². The van der Waals surface area contributed by atoms with Gasteiger partial charge in [0, 0.05) is 19.4 Å². The summed E-state index contributed by atoms with van der Waals surface area (Å²) in [6.07, 6.45) is 55.0. The van der Waals surface area contributed by atoms with Gasteiger partial charge in [0.15, 0.2) is 6.10 Å². The average Bonchev–Trinajstić information content (AvgIpc) is 3.17. The van der Waals surface area contributed by atoms with Crippen LogP contribution in [-0.4, -0.2) is 37.9 Å². The summed E-state index contributed by atoms with van der Waals surface area (Å²) in [4.78, 5) is 25.2. The van der Waals surface area contributed by atoms with Crippen LogP contribution in [0.2, 0.25) is 0 Å². The molecular weight excluding hydrogens is 669 g/mol. The fourth-order valence-corrected chi connectivity index (χ4v) is 6.14. The Bertz CT molecular complexity index is 946. The van der Waals surface area contributed by atoms with Crippen molar-refractivity contribution in [3.05, 3.63) is 60.8 Å². The SMILES string of the molecule is CC/C=C\C/C=C\C/C=C\CCCCCC(=O)OC(COCCCCCCCCCCCC)COC(=O)CCCCCCC/C=C\C/C=C\CCCCC. The molecule has 0 aromatic carbocycles. The van der Waals surface area contributed by atoms with Crippen molar-refractivity contribution in [3.63, 3.8) is 0 Å². The smallest absolute Gasteiger partial charge is 0.306 e. The molecule has 312 valence electrons. The molecule has 0 fully saturated rings. The zero-order valence-corrected chi connectivity index (χ0v) is 35.7. The number of esters is 2. The standard InChI is InChI=1S/C49H86O5/c1-4-7-10-13-16-19-22-24-25-27-28-30-33-36-39-42-48(50)53-46-47(45-52-44-41-38-35-32-21-18-15-12-9-6-3)54-49(51)43-40-37-34-31-29-26-23-20-17-14-11-8-5-2/h8,11,16-17,19-20,24-26,29,47H,4-7,9-10,12-15,18,21-23,27-28,30-46H2,1-3H3/b11-8-,19-16-,20-17-,25-24-,29-26-. The molecule has 0 spiro atoms. The summed E-state index contributed by atoms with van der Waals surface area (Å²) in [5, 5.41) is 0. The van der Waals surface area contributed by atoms with Gasteiger partial charge in [0.2, 0.25) is 0 Å². The summed E-state index contributed by atoms with van der Waals surface area (Å²) < 4.78 is 17.3. The van der Waals surface area contributed by atoms with Gasteiger partial charge in [0.05, 0.1) is 6.61 Å². The molecule has 5 nitrogen and oxygen atoms in total. The first kappa shape index (κ1) is 51.6. The highest BCUT2D eigenvalue weighted by atomic mass is 16.6.